The van der Waals surface area contributed by atoms with Gasteiger partial charge in [0.2, 0.25) is 0 Å². The summed E-state index contributed by atoms with van der Waals surface area (Å²) in [5.41, 5.74) is -0.355. The van der Waals surface area contributed by atoms with E-state index in [0.29, 0.717) is 19.1 Å². The predicted molar refractivity (Wildman–Crippen MR) is 41.8 cm³/mol. The Morgan fingerprint density at radius 3 is 2.92 bits per heavy atom. The molecule has 2 aliphatic rings. The summed E-state index contributed by atoms with van der Waals surface area (Å²) in [7, 11) is 1.64. The standard InChI is InChI=1S/C8H13NO3/c1-11-5-8(6-2-3-6)4-9-7(10)12-8/h6H,2-5H2,1H3,(H,9,10). The van der Waals surface area contributed by atoms with Gasteiger partial charge in [0.1, 0.15) is 0 Å². The minimum Gasteiger partial charge on any atom is -0.438 e. The topological polar surface area (TPSA) is 47.6 Å². The monoisotopic (exact) mass is 171 g/mol. The summed E-state index contributed by atoms with van der Waals surface area (Å²) in [6.45, 7) is 1.11. The van der Waals surface area contributed by atoms with Gasteiger partial charge in [0, 0.05) is 13.0 Å². The molecule has 1 amide bonds. The number of cyclic esters (lactones) is 1. The van der Waals surface area contributed by atoms with E-state index in [2.05, 4.69) is 5.32 Å². The van der Waals surface area contributed by atoms with Gasteiger partial charge in [-0.1, -0.05) is 0 Å². The highest BCUT2D eigenvalue weighted by molar-refractivity contribution is 5.70. The number of hydrogen-bond donors (Lipinski definition) is 1. The van der Waals surface area contributed by atoms with Gasteiger partial charge in [-0.05, 0) is 12.8 Å². The summed E-state index contributed by atoms with van der Waals surface area (Å²) < 4.78 is 10.3. The lowest BCUT2D eigenvalue weighted by molar-refractivity contribution is -0.0250. The van der Waals surface area contributed by atoms with Crippen molar-refractivity contribution in [2.75, 3.05) is 20.3 Å². The molecule has 1 N–H and O–H groups in total. The first kappa shape index (κ1) is 7.86. The molecule has 0 spiro atoms. The zero-order valence-electron chi connectivity index (χ0n) is 7.13. The Balaban J connectivity index is 2.06. The van der Waals surface area contributed by atoms with Crippen LogP contribution in [0.5, 0.6) is 0 Å². The maximum atomic E-state index is 10.9. The molecule has 0 aromatic rings. The number of amides is 1. The largest absolute Gasteiger partial charge is 0.438 e. The molecule has 0 radical (unpaired) electrons. The Morgan fingerprint density at radius 2 is 2.50 bits per heavy atom. The highest BCUT2D eigenvalue weighted by Crippen LogP contribution is 2.43. The van der Waals surface area contributed by atoms with E-state index in [1.807, 2.05) is 0 Å². The number of carbonyl (C=O) groups is 1. The van der Waals surface area contributed by atoms with Crippen molar-refractivity contribution in [1.82, 2.24) is 5.32 Å². The fraction of sp³-hybridized carbons (Fsp3) is 0.875. The third-order valence-corrected chi connectivity index (χ3v) is 2.54. The van der Waals surface area contributed by atoms with Crippen LogP contribution < -0.4 is 5.32 Å². The molecule has 12 heavy (non-hydrogen) atoms. The first-order valence-corrected chi connectivity index (χ1v) is 4.23. The highest BCUT2D eigenvalue weighted by atomic mass is 16.6. The quantitative estimate of drug-likeness (QED) is 0.673. The van der Waals surface area contributed by atoms with Crippen LogP contribution in [0.25, 0.3) is 0 Å². The predicted octanol–water partition coefficient (Wildman–Crippen LogP) is 0.521. The molecule has 2 rings (SSSR count). The van der Waals surface area contributed by atoms with Crippen LogP contribution in [-0.4, -0.2) is 32.0 Å². The van der Waals surface area contributed by atoms with E-state index in [0.717, 1.165) is 12.8 Å². The molecule has 1 aliphatic heterocycles. The van der Waals surface area contributed by atoms with Gasteiger partial charge < -0.3 is 14.8 Å². The van der Waals surface area contributed by atoms with Crippen LogP contribution in [0.1, 0.15) is 12.8 Å². The molecule has 4 heteroatoms. The summed E-state index contributed by atoms with van der Waals surface area (Å²) in [5.74, 6) is 0.511. The molecule has 1 unspecified atom stereocenters. The molecule has 1 heterocycles. The number of ether oxygens (including phenoxy) is 2. The second-order valence-corrected chi connectivity index (χ2v) is 3.52. The molecule has 4 nitrogen and oxygen atoms in total. The summed E-state index contributed by atoms with van der Waals surface area (Å²) >= 11 is 0. The number of rotatable bonds is 3. The fourth-order valence-electron chi connectivity index (χ4n) is 1.76. The van der Waals surface area contributed by atoms with E-state index in [4.69, 9.17) is 9.47 Å². The smallest absolute Gasteiger partial charge is 0.407 e. The summed E-state index contributed by atoms with van der Waals surface area (Å²) in [5, 5.41) is 2.68. The number of methoxy groups -OCH3 is 1. The van der Waals surface area contributed by atoms with Crippen molar-refractivity contribution in [3.8, 4) is 0 Å². The van der Waals surface area contributed by atoms with E-state index in [1.54, 1.807) is 7.11 Å². The molecule has 2 fully saturated rings. The number of nitrogens with one attached hydrogen (secondary N) is 1. The fourth-order valence-corrected chi connectivity index (χ4v) is 1.76. The maximum absolute atomic E-state index is 10.9. The second kappa shape index (κ2) is 2.62. The third kappa shape index (κ3) is 1.16. The Morgan fingerprint density at radius 1 is 1.75 bits per heavy atom. The van der Waals surface area contributed by atoms with E-state index in [-0.39, 0.29) is 11.7 Å². The average molecular weight is 171 g/mol. The third-order valence-electron chi connectivity index (χ3n) is 2.54. The van der Waals surface area contributed by atoms with Gasteiger partial charge in [-0.15, -0.1) is 0 Å². The van der Waals surface area contributed by atoms with Gasteiger partial charge >= 0.3 is 6.09 Å². The lowest BCUT2D eigenvalue weighted by atomic mass is 10.00. The van der Waals surface area contributed by atoms with Crippen LogP contribution in [0.2, 0.25) is 0 Å². The van der Waals surface area contributed by atoms with Crippen molar-refractivity contribution in [2.24, 2.45) is 5.92 Å². The van der Waals surface area contributed by atoms with E-state index in [1.165, 1.54) is 0 Å². The highest BCUT2D eigenvalue weighted by Gasteiger charge is 2.52. The first-order valence-electron chi connectivity index (χ1n) is 4.23. The van der Waals surface area contributed by atoms with Crippen LogP contribution in [0.15, 0.2) is 0 Å². The molecule has 0 aromatic carbocycles. The summed E-state index contributed by atoms with van der Waals surface area (Å²) in [6, 6.07) is 0. The van der Waals surface area contributed by atoms with Crippen LogP contribution in [-0.2, 0) is 9.47 Å². The van der Waals surface area contributed by atoms with Crippen LogP contribution in [0.4, 0.5) is 4.79 Å². The van der Waals surface area contributed by atoms with Crippen LogP contribution in [0, 0.1) is 5.92 Å². The Hall–Kier alpha value is -0.770. The van der Waals surface area contributed by atoms with Crippen LogP contribution >= 0.6 is 0 Å². The molecule has 1 saturated carbocycles. The van der Waals surface area contributed by atoms with Gasteiger partial charge in [-0.2, -0.15) is 0 Å². The van der Waals surface area contributed by atoms with E-state index >= 15 is 0 Å². The number of hydrogen-bond acceptors (Lipinski definition) is 3. The first-order chi connectivity index (χ1) is 5.77. The SMILES string of the molecule is COCC1(C2CC2)CNC(=O)O1. The average Bonchev–Trinajstić information content (AvgIpc) is 2.80. The summed E-state index contributed by atoms with van der Waals surface area (Å²) in [4.78, 5) is 10.9. The van der Waals surface area contributed by atoms with Crippen molar-refractivity contribution in [1.29, 1.82) is 0 Å². The van der Waals surface area contributed by atoms with Gasteiger partial charge in [-0.3, -0.25) is 0 Å². The van der Waals surface area contributed by atoms with E-state index < -0.39 is 0 Å². The van der Waals surface area contributed by atoms with E-state index in [9.17, 15) is 4.79 Å². The van der Waals surface area contributed by atoms with Crippen molar-refractivity contribution in [2.45, 2.75) is 18.4 Å². The molecule has 1 aliphatic carbocycles. The number of alkyl carbamates (subject to hydrolysis) is 1. The normalized spacial score (nSPS) is 34.6. The van der Waals surface area contributed by atoms with Gasteiger partial charge in [0.25, 0.3) is 0 Å². The zero-order chi connectivity index (χ0) is 8.60. The lowest BCUT2D eigenvalue weighted by Gasteiger charge is -2.24. The minimum absolute atomic E-state index is 0.307. The molecule has 1 atom stereocenters. The van der Waals surface area contributed by atoms with Crippen molar-refractivity contribution in [3.05, 3.63) is 0 Å². The maximum Gasteiger partial charge on any atom is 0.407 e. The molecule has 68 valence electrons. The molecule has 0 aromatic heterocycles. The van der Waals surface area contributed by atoms with Gasteiger partial charge in [0.05, 0.1) is 13.2 Å². The Bertz CT molecular complexity index is 202. The lowest BCUT2D eigenvalue weighted by Crippen LogP contribution is -2.40. The second-order valence-electron chi connectivity index (χ2n) is 3.52. The Kier molecular flexibility index (Phi) is 1.72. The Labute approximate surface area is 71.2 Å². The minimum atomic E-state index is -0.355. The zero-order valence-corrected chi connectivity index (χ0v) is 7.13. The van der Waals surface area contributed by atoms with Gasteiger partial charge in [-0.25, -0.2) is 4.79 Å². The number of carbonyl (C=O) groups excluding carboxylic acids is 1. The molecule has 0 bridgehead atoms. The molecular weight excluding hydrogens is 158 g/mol. The van der Waals surface area contributed by atoms with Gasteiger partial charge in [0.15, 0.2) is 5.60 Å². The van der Waals surface area contributed by atoms with Crippen LogP contribution in [0.3, 0.4) is 0 Å². The summed E-state index contributed by atoms with van der Waals surface area (Å²) in [6.07, 6.45) is 2.00. The van der Waals surface area contributed by atoms with Crippen molar-refractivity contribution < 1.29 is 14.3 Å². The molecule has 1 saturated heterocycles. The molecular formula is C8H13NO3. The van der Waals surface area contributed by atoms with Crippen molar-refractivity contribution >= 4 is 6.09 Å². The van der Waals surface area contributed by atoms with Crippen molar-refractivity contribution in [3.63, 3.8) is 0 Å².